The zero-order valence-corrected chi connectivity index (χ0v) is 12.7. The zero-order chi connectivity index (χ0) is 15.8. The molecule has 23 heavy (non-hydrogen) atoms. The highest BCUT2D eigenvalue weighted by Crippen LogP contribution is 2.33. The average molecular weight is 308 g/mol. The van der Waals surface area contributed by atoms with Gasteiger partial charge in [-0.2, -0.15) is 5.10 Å². The van der Waals surface area contributed by atoms with Crippen molar-refractivity contribution in [3.63, 3.8) is 0 Å². The first kappa shape index (κ1) is 13.7. The Morgan fingerprint density at radius 3 is 3.13 bits per heavy atom. The van der Waals surface area contributed by atoms with Crippen LogP contribution in [0.3, 0.4) is 0 Å². The van der Waals surface area contributed by atoms with Crippen LogP contribution in [0.1, 0.15) is 28.0 Å². The van der Waals surface area contributed by atoms with Crippen LogP contribution in [0.2, 0.25) is 0 Å². The minimum absolute atomic E-state index is 0.187. The SMILES string of the molecule is Cn1ccc(NC(=O)c2c[nH]c3c2-c2ncncc2CCC3)n1. The van der Waals surface area contributed by atoms with E-state index in [-0.39, 0.29) is 5.91 Å². The van der Waals surface area contributed by atoms with Gasteiger partial charge in [0.1, 0.15) is 6.33 Å². The number of aryl methyl sites for hydroxylation is 3. The fourth-order valence-corrected chi connectivity index (χ4v) is 3.00. The van der Waals surface area contributed by atoms with Crippen LogP contribution in [-0.4, -0.2) is 30.6 Å². The molecule has 1 aliphatic rings. The molecule has 7 nitrogen and oxygen atoms in total. The monoisotopic (exact) mass is 308 g/mol. The van der Waals surface area contributed by atoms with E-state index in [0.717, 1.165) is 41.8 Å². The van der Waals surface area contributed by atoms with E-state index in [9.17, 15) is 4.79 Å². The second-order valence-electron chi connectivity index (χ2n) is 5.63. The molecule has 0 atom stereocenters. The number of aromatic nitrogens is 5. The van der Waals surface area contributed by atoms with Crippen molar-refractivity contribution in [3.05, 3.63) is 47.8 Å². The van der Waals surface area contributed by atoms with Crippen LogP contribution >= 0.6 is 0 Å². The lowest BCUT2D eigenvalue weighted by molar-refractivity contribution is 0.102. The molecule has 4 rings (SSSR count). The van der Waals surface area contributed by atoms with Crippen LogP contribution in [0.4, 0.5) is 5.82 Å². The highest BCUT2D eigenvalue weighted by atomic mass is 16.1. The molecule has 2 N–H and O–H groups in total. The molecule has 0 unspecified atom stereocenters. The van der Waals surface area contributed by atoms with Gasteiger partial charge in [0, 0.05) is 43.0 Å². The van der Waals surface area contributed by atoms with Gasteiger partial charge in [0.15, 0.2) is 5.82 Å². The summed E-state index contributed by atoms with van der Waals surface area (Å²) in [7, 11) is 1.81. The zero-order valence-electron chi connectivity index (χ0n) is 12.7. The van der Waals surface area contributed by atoms with E-state index in [0.29, 0.717) is 11.4 Å². The van der Waals surface area contributed by atoms with Crippen LogP contribution in [0, 0.1) is 0 Å². The van der Waals surface area contributed by atoms with Crippen LogP contribution in [-0.2, 0) is 19.9 Å². The summed E-state index contributed by atoms with van der Waals surface area (Å²) in [6.07, 6.45) is 9.72. The van der Waals surface area contributed by atoms with Crippen molar-refractivity contribution in [2.45, 2.75) is 19.3 Å². The molecule has 0 bridgehead atoms. The van der Waals surface area contributed by atoms with Gasteiger partial charge in [-0.15, -0.1) is 0 Å². The third-order valence-electron chi connectivity index (χ3n) is 4.06. The molecule has 3 heterocycles. The standard InChI is InChI=1S/C16H16N6O/c1-22-6-5-13(21-22)20-16(23)11-8-18-12-4-2-3-10-7-17-9-19-15(10)14(11)12/h5-9,18H,2-4H2,1H3,(H,20,21,23). The molecule has 3 aromatic heterocycles. The van der Waals surface area contributed by atoms with Gasteiger partial charge in [-0.25, -0.2) is 9.97 Å². The number of carbonyl (C=O) groups is 1. The Bertz CT molecular complexity index is 878. The van der Waals surface area contributed by atoms with Crippen molar-refractivity contribution < 1.29 is 4.79 Å². The molecule has 0 radical (unpaired) electrons. The van der Waals surface area contributed by atoms with E-state index < -0.39 is 0 Å². The summed E-state index contributed by atoms with van der Waals surface area (Å²) in [5, 5.41) is 7.02. The highest BCUT2D eigenvalue weighted by Gasteiger charge is 2.24. The van der Waals surface area contributed by atoms with Crippen molar-refractivity contribution in [3.8, 4) is 11.3 Å². The van der Waals surface area contributed by atoms with Crippen LogP contribution in [0.15, 0.2) is 31.0 Å². The number of aromatic amines is 1. The van der Waals surface area contributed by atoms with E-state index in [1.807, 2.05) is 13.2 Å². The summed E-state index contributed by atoms with van der Waals surface area (Å²) in [4.78, 5) is 24.4. The number of hydrogen-bond donors (Lipinski definition) is 2. The Hall–Kier alpha value is -2.96. The summed E-state index contributed by atoms with van der Waals surface area (Å²) in [5.41, 5.74) is 4.45. The van der Waals surface area contributed by atoms with Gasteiger partial charge in [0.2, 0.25) is 0 Å². The Balaban J connectivity index is 1.75. The second-order valence-corrected chi connectivity index (χ2v) is 5.63. The second kappa shape index (κ2) is 5.35. The first-order valence-corrected chi connectivity index (χ1v) is 7.53. The topological polar surface area (TPSA) is 88.5 Å². The number of hydrogen-bond acceptors (Lipinski definition) is 4. The van der Waals surface area contributed by atoms with Crippen molar-refractivity contribution in [2.75, 3.05) is 5.32 Å². The lowest BCUT2D eigenvalue weighted by Crippen LogP contribution is -2.13. The lowest BCUT2D eigenvalue weighted by atomic mass is 10.0. The van der Waals surface area contributed by atoms with Crippen LogP contribution < -0.4 is 5.32 Å². The summed E-state index contributed by atoms with van der Waals surface area (Å²) in [6.45, 7) is 0. The largest absolute Gasteiger partial charge is 0.364 e. The summed E-state index contributed by atoms with van der Waals surface area (Å²) in [5.74, 6) is 0.344. The van der Waals surface area contributed by atoms with Crippen molar-refractivity contribution in [1.29, 1.82) is 0 Å². The maximum atomic E-state index is 12.7. The summed E-state index contributed by atoms with van der Waals surface area (Å²) < 4.78 is 1.65. The number of amides is 1. The smallest absolute Gasteiger partial charge is 0.259 e. The molecule has 0 fully saturated rings. The van der Waals surface area contributed by atoms with Gasteiger partial charge in [-0.05, 0) is 24.8 Å². The Labute approximate surface area is 132 Å². The molecule has 116 valence electrons. The average Bonchev–Trinajstić information content (AvgIpc) is 3.10. The first-order chi connectivity index (χ1) is 11.2. The maximum Gasteiger partial charge on any atom is 0.259 e. The van der Waals surface area contributed by atoms with E-state index >= 15 is 0 Å². The number of rotatable bonds is 2. The maximum absolute atomic E-state index is 12.7. The molecule has 0 saturated carbocycles. The first-order valence-electron chi connectivity index (χ1n) is 7.53. The number of H-pyrrole nitrogens is 1. The fraction of sp³-hybridized carbons (Fsp3) is 0.250. The van der Waals surface area contributed by atoms with Gasteiger partial charge < -0.3 is 10.3 Å². The molecule has 3 aromatic rings. The molecule has 0 aliphatic heterocycles. The molecular weight excluding hydrogens is 292 g/mol. The van der Waals surface area contributed by atoms with Gasteiger partial charge in [0.25, 0.3) is 5.91 Å². The van der Waals surface area contributed by atoms with Crippen molar-refractivity contribution >= 4 is 11.7 Å². The normalized spacial score (nSPS) is 13.1. The van der Waals surface area contributed by atoms with E-state index in [4.69, 9.17) is 0 Å². The van der Waals surface area contributed by atoms with E-state index in [2.05, 4.69) is 25.4 Å². The highest BCUT2D eigenvalue weighted by molar-refractivity contribution is 6.08. The third kappa shape index (κ3) is 2.40. The number of nitrogens with one attached hydrogen (secondary N) is 2. The Morgan fingerprint density at radius 2 is 2.30 bits per heavy atom. The molecule has 0 saturated heterocycles. The van der Waals surface area contributed by atoms with Crippen LogP contribution in [0.25, 0.3) is 11.3 Å². The number of nitrogens with zero attached hydrogens (tertiary/aromatic N) is 4. The van der Waals surface area contributed by atoms with E-state index in [1.54, 1.807) is 23.1 Å². The Morgan fingerprint density at radius 1 is 1.39 bits per heavy atom. The van der Waals surface area contributed by atoms with Gasteiger partial charge in [0.05, 0.1) is 11.3 Å². The van der Waals surface area contributed by atoms with Crippen molar-refractivity contribution in [2.24, 2.45) is 7.05 Å². The van der Waals surface area contributed by atoms with Crippen LogP contribution in [0.5, 0.6) is 0 Å². The third-order valence-corrected chi connectivity index (χ3v) is 4.06. The van der Waals surface area contributed by atoms with Crippen molar-refractivity contribution in [1.82, 2.24) is 24.7 Å². The fourth-order valence-electron chi connectivity index (χ4n) is 3.00. The summed E-state index contributed by atoms with van der Waals surface area (Å²) >= 11 is 0. The van der Waals surface area contributed by atoms with Gasteiger partial charge in [-0.1, -0.05) is 0 Å². The molecule has 1 aliphatic carbocycles. The predicted molar refractivity (Wildman–Crippen MR) is 85.0 cm³/mol. The van der Waals surface area contributed by atoms with Gasteiger partial charge in [-0.3, -0.25) is 9.48 Å². The number of fused-ring (bicyclic) bond motifs is 3. The molecular formula is C16H16N6O. The quantitative estimate of drug-likeness (QED) is 0.757. The lowest BCUT2D eigenvalue weighted by Gasteiger charge is -2.07. The van der Waals surface area contributed by atoms with E-state index in [1.165, 1.54) is 6.33 Å². The minimum Gasteiger partial charge on any atom is -0.364 e. The predicted octanol–water partition coefficient (Wildman–Crippen LogP) is 1.95. The summed E-state index contributed by atoms with van der Waals surface area (Å²) in [6, 6.07) is 1.76. The molecule has 1 amide bonds. The van der Waals surface area contributed by atoms with Gasteiger partial charge >= 0.3 is 0 Å². The minimum atomic E-state index is -0.187. The number of carbonyl (C=O) groups excluding carboxylic acids is 1. The number of anilines is 1. The molecule has 0 spiro atoms. The molecule has 7 heteroatoms. The molecule has 0 aromatic carbocycles. The Kier molecular flexibility index (Phi) is 3.18.